The van der Waals surface area contributed by atoms with Gasteiger partial charge in [-0.1, -0.05) is 0 Å². The number of likely N-dealkylation sites (N-methyl/N-ethyl adjacent to an activating group) is 1. The van der Waals surface area contributed by atoms with Gasteiger partial charge >= 0.3 is 0 Å². The van der Waals surface area contributed by atoms with Crippen LogP contribution < -0.4 is 20.3 Å². The summed E-state index contributed by atoms with van der Waals surface area (Å²) < 4.78 is 48.7. The van der Waals surface area contributed by atoms with Crippen molar-refractivity contribution in [2.75, 3.05) is 69.0 Å². The number of benzene rings is 1. The van der Waals surface area contributed by atoms with Gasteiger partial charge in [-0.25, -0.2) is 17.8 Å². The second-order valence-corrected chi connectivity index (χ2v) is 13.0. The Bertz CT molecular complexity index is 1570. The first-order valence-corrected chi connectivity index (χ1v) is 15.7. The molecule has 14 heteroatoms. The number of hydrogen-bond donors (Lipinski definition) is 1. The van der Waals surface area contributed by atoms with Crippen molar-refractivity contribution in [3.8, 4) is 5.75 Å². The van der Waals surface area contributed by atoms with Crippen LogP contribution in [0.5, 0.6) is 5.75 Å². The van der Waals surface area contributed by atoms with E-state index in [1.807, 2.05) is 24.1 Å². The highest BCUT2D eigenvalue weighted by atomic mass is 32.2. The number of piperidine rings is 1. The van der Waals surface area contributed by atoms with Crippen LogP contribution in [0.2, 0.25) is 0 Å². The van der Waals surface area contributed by atoms with Crippen molar-refractivity contribution in [2.45, 2.75) is 31.3 Å². The van der Waals surface area contributed by atoms with Crippen LogP contribution in [0.15, 0.2) is 30.3 Å². The molecule has 2 bridgehead atoms. The molecule has 3 aliphatic rings. The van der Waals surface area contributed by atoms with Crippen LogP contribution in [-0.4, -0.2) is 103 Å². The van der Waals surface area contributed by atoms with Crippen LogP contribution in [0.1, 0.15) is 41.4 Å². The second-order valence-electron chi connectivity index (χ2n) is 11.1. The lowest BCUT2D eigenvalue weighted by Crippen LogP contribution is -2.56. The summed E-state index contributed by atoms with van der Waals surface area (Å²) in [5, 5.41) is 4.93. The highest BCUT2D eigenvalue weighted by molar-refractivity contribution is 7.88. The molecule has 41 heavy (non-hydrogen) atoms. The molecule has 1 amide bonds. The van der Waals surface area contributed by atoms with E-state index in [1.165, 1.54) is 22.5 Å². The van der Waals surface area contributed by atoms with Crippen molar-refractivity contribution in [2.24, 2.45) is 5.73 Å². The van der Waals surface area contributed by atoms with Gasteiger partial charge in [0.2, 0.25) is 10.0 Å². The molecule has 12 nitrogen and oxygen atoms in total. The number of amides is 1. The number of anilines is 2. The number of carbonyl (C=O) groups is 1. The van der Waals surface area contributed by atoms with E-state index in [4.69, 9.17) is 20.6 Å². The topological polar surface area (TPSA) is 130 Å². The molecule has 2 N–H and O–H groups in total. The number of hydrogen-bond acceptors (Lipinski definition) is 9. The molecule has 1 atom stereocenters. The second kappa shape index (κ2) is 10.7. The minimum Gasteiger partial charge on any atom is -0.491 e. The molecule has 3 aliphatic heterocycles. The van der Waals surface area contributed by atoms with E-state index in [2.05, 4.69) is 4.90 Å². The number of ether oxygens (including phenoxy) is 1. The molecule has 2 saturated heterocycles. The van der Waals surface area contributed by atoms with Crippen molar-refractivity contribution in [1.82, 2.24) is 23.8 Å². The fourth-order valence-electron chi connectivity index (χ4n) is 5.77. The Morgan fingerprint density at radius 1 is 1.07 bits per heavy atom. The van der Waals surface area contributed by atoms with Crippen LogP contribution in [-0.2, 0) is 10.0 Å². The number of rotatable bonds is 2. The molecule has 1 aromatic carbocycles. The Morgan fingerprint density at radius 3 is 2.63 bits per heavy atom. The lowest BCUT2D eigenvalue weighted by atomic mass is 9.98. The predicted molar refractivity (Wildman–Crippen MR) is 152 cm³/mol. The van der Waals surface area contributed by atoms with Gasteiger partial charge < -0.3 is 25.2 Å². The number of nitrogens with two attached hydrogens (primary N) is 1. The number of aromatic nitrogens is 3. The molecule has 0 aliphatic carbocycles. The van der Waals surface area contributed by atoms with Gasteiger partial charge in [0.15, 0.2) is 5.65 Å². The molecule has 0 saturated carbocycles. The SMILES string of the molecule is CN1CCN(S(C)(=O)=O)CCOc2ccc(F)cc2C(=O)N2CCCCC2c2cc3nc(N4CC(N)C4)cc1n3n2. The van der Waals surface area contributed by atoms with E-state index >= 15 is 0 Å². The summed E-state index contributed by atoms with van der Waals surface area (Å²) in [6.07, 6.45) is 3.61. The van der Waals surface area contributed by atoms with Gasteiger partial charge in [-0.3, -0.25) is 4.79 Å². The van der Waals surface area contributed by atoms with E-state index < -0.39 is 15.8 Å². The molecule has 1 unspecified atom stereocenters. The zero-order chi connectivity index (χ0) is 28.9. The molecule has 220 valence electrons. The van der Waals surface area contributed by atoms with Gasteiger partial charge in [0, 0.05) is 64.5 Å². The molecule has 5 heterocycles. The molecular weight excluding hydrogens is 551 g/mol. The van der Waals surface area contributed by atoms with Crippen molar-refractivity contribution in [3.05, 3.63) is 47.4 Å². The number of nitrogens with zero attached hydrogens (tertiary/aromatic N) is 7. The number of carbonyl (C=O) groups excluding carboxylic acids is 1. The maximum Gasteiger partial charge on any atom is 0.258 e. The molecule has 2 aromatic heterocycles. The van der Waals surface area contributed by atoms with Crippen molar-refractivity contribution >= 4 is 33.2 Å². The Labute approximate surface area is 238 Å². The van der Waals surface area contributed by atoms with Gasteiger partial charge in [0.25, 0.3) is 5.91 Å². The van der Waals surface area contributed by atoms with E-state index in [0.717, 1.165) is 30.7 Å². The quantitative estimate of drug-likeness (QED) is 0.475. The Kier molecular flexibility index (Phi) is 7.24. The smallest absolute Gasteiger partial charge is 0.258 e. The molecule has 3 aromatic rings. The number of fused-ring (bicyclic) bond motifs is 4. The zero-order valence-corrected chi connectivity index (χ0v) is 24.1. The zero-order valence-electron chi connectivity index (χ0n) is 23.2. The molecule has 0 radical (unpaired) electrons. The van der Waals surface area contributed by atoms with Gasteiger partial charge in [0.05, 0.1) is 23.6 Å². The van der Waals surface area contributed by atoms with Crippen molar-refractivity contribution in [3.63, 3.8) is 0 Å². The Balaban J connectivity index is 1.48. The van der Waals surface area contributed by atoms with Crippen LogP contribution in [0.3, 0.4) is 0 Å². The standard InChI is InChI=1S/C27H35FN8O4S/c1-32-9-10-34(41(2,38)39)11-12-40-23-7-6-18(28)13-20(23)27(37)35-8-4-3-5-22(35)21-14-25-30-24(33-16-19(29)17-33)15-26(32)36(25)31-21/h6-7,13-15,19,22H,3-5,8-12,16-17,29H2,1-2H3. The van der Waals surface area contributed by atoms with Crippen LogP contribution in [0, 0.1) is 5.82 Å². The first-order chi connectivity index (χ1) is 19.6. The minimum atomic E-state index is -3.56. The lowest BCUT2D eigenvalue weighted by Gasteiger charge is -2.38. The molecular formula is C27H35FN8O4S. The first-order valence-electron chi connectivity index (χ1n) is 13.9. The fourth-order valence-corrected chi connectivity index (χ4v) is 6.59. The van der Waals surface area contributed by atoms with Gasteiger partial charge in [-0.2, -0.15) is 13.9 Å². The predicted octanol–water partition coefficient (Wildman–Crippen LogP) is 1.47. The van der Waals surface area contributed by atoms with Crippen molar-refractivity contribution in [1.29, 1.82) is 0 Å². The highest BCUT2D eigenvalue weighted by Gasteiger charge is 2.34. The fraction of sp³-hybridized carbons (Fsp3) is 0.519. The Hall–Kier alpha value is -3.49. The molecule has 2 fully saturated rings. The monoisotopic (exact) mass is 586 g/mol. The maximum atomic E-state index is 14.4. The third-order valence-corrected chi connectivity index (χ3v) is 9.37. The maximum absolute atomic E-state index is 14.4. The van der Waals surface area contributed by atoms with E-state index in [-0.39, 0.29) is 49.0 Å². The summed E-state index contributed by atoms with van der Waals surface area (Å²) in [7, 11) is -1.67. The average Bonchev–Trinajstić information content (AvgIpc) is 3.35. The first kappa shape index (κ1) is 27.7. The van der Waals surface area contributed by atoms with Gasteiger partial charge in [0.1, 0.15) is 29.8 Å². The highest BCUT2D eigenvalue weighted by Crippen LogP contribution is 2.35. The van der Waals surface area contributed by atoms with Crippen LogP contribution in [0.25, 0.3) is 5.65 Å². The van der Waals surface area contributed by atoms with Crippen molar-refractivity contribution < 1.29 is 22.3 Å². The average molecular weight is 587 g/mol. The third kappa shape index (κ3) is 5.43. The van der Waals surface area contributed by atoms with Crippen LogP contribution in [0.4, 0.5) is 16.0 Å². The van der Waals surface area contributed by atoms with E-state index in [9.17, 15) is 17.6 Å². The normalized spacial score (nSPS) is 21.5. The van der Waals surface area contributed by atoms with Crippen LogP contribution >= 0.6 is 0 Å². The van der Waals surface area contributed by atoms with Gasteiger partial charge in [-0.15, -0.1) is 0 Å². The summed E-state index contributed by atoms with van der Waals surface area (Å²) in [4.78, 5) is 24.6. The molecule has 0 spiro atoms. The minimum absolute atomic E-state index is 0.00534. The molecule has 6 rings (SSSR count). The van der Waals surface area contributed by atoms with Gasteiger partial charge in [-0.05, 0) is 37.5 Å². The summed E-state index contributed by atoms with van der Waals surface area (Å²) in [5.41, 5.74) is 7.47. The third-order valence-electron chi connectivity index (χ3n) is 8.07. The Morgan fingerprint density at radius 2 is 1.88 bits per heavy atom. The summed E-state index contributed by atoms with van der Waals surface area (Å²) >= 11 is 0. The van der Waals surface area contributed by atoms with E-state index in [0.29, 0.717) is 43.9 Å². The summed E-state index contributed by atoms with van der Waals surface area (Å²) in [6.45, 7) is 2.53. The van der Waals surface area contributed by atoms with E-state index in [1.54, 1.807) is 9.42 Å². The largest absolute Gasteiger partial charge is 0.491 e. The number of halogens is 1. The lowest BCUT2D eigenvalue weighted by molar-refractivity contribution is 0.0600. The number of sulfonamides is 1. The summed E-state index contributed by atoms with van der Waals surface area (Å²) in [6, 6.07) is 7.46. The summed E-state index contributed by atoms with van der Waals surface area (Å²) in [5.74, 6) is 0.822.